The molecule has 0 aliphatic rings. The van der Waals surface area contributed by atoms with E-state index in [0.717, 1.165) is 0 Å². The molecule has 1 amide bonds. The van der Waals surface area contributed by atoms with E-state index in [4.69, 9.17) is 4.74 Å². The molecule has 1 aromatic heterocycles. The molecule has 0 radical (unpaired) electrons. The summed E-state index contributed by atoms with van der Waals surface area (Å²) in [6, 6.07) is 15.6. The first kappa shape index (κ1) is 16.3. The van der Waals surface area contributed by atoms with Crippen LogP contribution < -0.4 is 5.32 Å². The van der Waals surface area contributed by atoms with Crippen LogP contribution in [0.3, 0.4) is 0 Å². The van der Waals surface area contributed by atoms with E-state index in [2.05, 4.69) is 20.8 Å². The minimum Gasteiger partial charge on any atom is -0.449 e. The number of amides is 1. The van der Waals surface area contributed by atoms with Crippen molar-refractivity contribution in [2.24, 2.45) is 0 Å². The average Bonchev–Trinajstić information content (AvgIpc) is 3.17. The third kappa shape index (κ3) is 4.05. The number of hydrogen-bond donors (Lipinski definition) is 1. The Morgan fingerprint density at radius 3 is 2.64 bits per heavy atom. The van der Waals surface area contributed by atoms with Crippen LogP contribution in [-0.4, -0.2) is 38.2 Å². The number of carbonyl (C=O) groups is 2. The van der Waals surface area contributed by atoms with Crippen LogP contribution in [0.2, 0.25) is 0 Å². The van der Waals surface area contributed by atoms with Crippen molar-refractivity contribution in [2.75, 3.05) is 5.32 Å². The summed E-state index contributed by atoms with van der Waals surface area (Å²) in [5.74, 6) is -1.01. The van der Waals surface area contributed by atoms with Gasteiger partial charge in [0.15, 0.2) is 6.10 Å². The second-order valence-corrected chi connectivity index (χ2v) is 5.21. The molecule has 8 nitrogen and oxygen atoms in total. The first-order valence-corrected chi connectivity index (χ1v) is 7.54. The number of anilines is 1. The molecule has 25 heavy (non-hydrogen) atoms. The number of nitrogens with zero attached hydrogens (tertiary/aromatic N) is 4. The topological polar surface area (TPSA) is 99.0 Å². The van der Waals surface area contributed by atoms with Crippen molar-refractivity contribution in [2.45, 2.75) is 13.0 Å². The van der Waals surface area contributed by atoms with Crippen molar-refractivity contribution in [1.29, 1.82) is 0 Å². The van der Waals surface area contributed by atoms with Gasteiger partial charge in [0, 0.05) is 5.69 Å². The van der Waals surface area contributed by atoms with E-state index in [1.807, 2.05) is 6.07 Å². The number of hydrogen-bond acceptors (Lipinski definition) is 6. The maximum Gasteiger partial charge on any atom is 0.338 e. The SMILES string of the molecule is C[C@@H](OC(=O)c1cccc(-n2cnnn2)c1)C(=O)Nc1ccccc1. The van der Waals surface area contributed by atoms with Crippen LogP contribution in [0.1, 0.15) is 17.3 Å². The highest BCUT2D eigenvalue weighted by atomic mass is 16.5. The maximum absolute atomic E-state index is 12.3. The van der Waals surface area contributed by atoms with Gasteiger partial charge in [-0.05, 0) is 47.7 Å². The van der Waals surface area contributed by atoms with Gasteiger partial charge >= 0.3 is 5.97 Å². The molecule has 3 aromatic rings. The Kier molecular flexibility index (Phi) is 4.79. The zero-order valence-corrected chi connectivity index (χ0v) is 13.4. The van der Waals surface area contributed by atoms with Crippen molar-refractivity contribution < 1.29 is 14.3 Å². The number of nitrogens with one attached hydrogen (secondary N) is 1. The van der Waals surface area contributed by atoms with Crippen LogP contribution in [0.4, 0.5) is 5.69 Å². The molecule has 3 rings (SSSR count). The van der Waals surface area contributed by atoms with Crippen LogP contribution >= 0.6 is 0 Å². The number of para-hydroxylation sites is 1. The minimum atomic E-state index is -0.940. The summed E-state index contributed by atoms with van der Waals surface area (Å²) < 4.78 is 6.65. The Bertz CT molecular complexity index is 865. The van der Waals surface area contributed by atoms with Crippen molar-refractivity contribution in [1.82, 2.24) is 20.2 Å². The Morgan fingerprint density at radius 1 is 1.12 bits per heavy atom. The van der Waals surface area contributed by atoms with Crippen LogP contribution in [0, 0.1) is 0 Å². The fraction of sp³-hybridized carbons (Fsp3) is 0.118. The van der Waals surface area contributed by atoms with E-state index in [1.165, 1.54) is 17.9 Å². The Balaban J connectivity index is 1.65. The number of esters is 1. The van der Waals surface area contributed by atoms with Gasteiger partial charge in [0.25, 0.3) is 5.91 Å². The molecule has 1 atom stereocenters. The smallest absolute Gasteiger partial charge is 0.338 e. The number of ether oxygens (including phenoxy) is 1. The summed E-state index contributed by atoms with van der Waals surface area (Å²) in [5.41, 5.74) is 1.55. The maximum atomic E-state index is 12.3. The van der Waals surface area contributed by atoms with Gasteiger partial charge in [-0.2, -0.15) is 0 Å². The fourth-order valence-electron chi connectivity index (χ4n) is 2.10. The molecule has 0 unspecified atom stereocenters. The van der Waals surface area contributed by atoms with Crippen LogP contribution in [0.25, 0.3) is 5.69 Å². The van der Waals surface area contributed by atoms with Gasteiger partial charge < -0.3 is 10.1 Å². The lowest BCUT2D eigenvalue weighted by Crippen LogP contribution is -2.30. The van der Waals surface area contributed by atoms with Gasteiger partial charge in [-0.3, -0.25) is 4.79 Å². The quantitative estimate of drug-likeness (QED) is 0.713. The van der Waals surface area contributed by atoms with Crippen molar-refractivity contribution in [3.63, 3.8) is 0 Å². The summed E-state index contributed by atoms with van der Waals surface area (Å²) in [7, 11) is 0. The van der Waals surface area contributed by atoms with Crippen LogP contribution in [0.5, 0.6) is 0 Å². The van der Waals surface area contributed by atoms with Gasteiger partial charge in [-0.15, -0.1) is 5.10 Å². The van der Waals surface area contributed by atoms with E-state index >= 15 is 0 Å². The average molecular weight is 337 g/mol. The molecule has 0 aliphatic heterocycles. The van der Waals surface area contributed by atoms with Gasteiger partial charge in [-0.25, -0.2) is 9.48 Å². The lowest BCUT2D eigenvalue weighted by atomic mass is 10.2. The predicted molar refractivity (Wildman–Crippen MR) is 89.1 cm³/mol. The van der Waals surface area contributed by atoms with Crippen molar-refractivity contribution >= 4 is 17.6 Å². The molecule has 2 aromatic carbocycles. The molecule has 8 heteroatoms. The standard InChI is InChI=1S/C17H15N5O3/c1-12(16(23)19-14-7-3-2-4-8-14)25-17(24)13-6-5-9-15(10-13)22-11-18-20-21-22/h2-12H,1H3,(H,19,23)/t12-/m1/s1. The first-order valence-electron chi connectivity index (χ1n) is 7.54. The normalized spacial score (nSPS) is 11.6. The molecule has 0 saturated carbocycles. The Hall–Kier alpha value is -3.55. The fourth-order valence-corrected chi connectivity index (χ4v) is 2.10. The molecule has 0 aliphatic carbocycles. The first-order chi connectivity index (χ1) is 12.1. The number of aromatic nitrogens is 4. The number of benzene rings is 2. The monoisotopic (exact) mass is 337 g/mol. The Morgan fingerprint density at radius 2 is 1.92 bits per heavy atom. The van der Waals surface area contributed by atoms with Crippen LogP contribution in [-0.2, 0) is 9.53 Å². The predicted octanol–water partition coefficient (Wildman–Crippen LogP) is 1.85. The highest BCUT2D eigenvalue weighted by Crippen LogP contribution is 2.12. The van der Waals surface area contributed by atoms with E-state index in [9.17, 15) is 9.59 Å². The molecule has 0 bridgehead atoms. The summed E-state index contributed by atoms with van der Waals surface area (Å²) in [4.78, 5) is 24.4. The minimum absolute atomic E-state index is 0.298. The second-order valence-electron chi connectivity index (χ2n) is 5.21. The molecule has 0 saturated heterocycles. The van der Waals surface area contributed by atoms with Crippen molar-refractivity contribution in [3.05, 3.63) is 66.5 Å². The lowest BCUT2D eigenvalue weighted by Gasteiger charge is -2.13. The van der Waals surface area contributed by atoms with Crippen molar-refractivity contribution in [3.8, 4) is 5.69 Å². The van der Waals surface area contributed by atoms with Gasteiger partial charge in [-0.1, -0.05) is 24.3 Å². The third-order valence-electron chi connectivity index (χ3n) is 3.39. The summed E-state index contributed by atoms with van der Waals surface area (Å²) >= 11 is 0. The lowest BCUT2D eigenvalue weighted by molar-refractivity contribution is -0.123. The second kappa shape index (κ2) is 7.35. The van der Waals surface area contributed by atoms with E-state index in [0.29, 0.717) is 16.9 Å². The molecular formula is C17H15N5O3. The van der Waals surface area contributed by atoms with Crippen LogP contribution in [0.15, 0.2) is 60.9 Å². The van der Waals surface area contributed by atoms with E-state index in [-0.39, 0.29) is 0 Å². The Labute approximate surface area is 143 Å². The molecule has 0 fully saturated rings. The highest BCUT2D eigenvalue weighted by molar-refractivity contribution is 5.97. The van der Waals surface area contributed by atoms with E-state index < -0.39 is 18.0 Å². The third-order valence-corrected chi connectivity index (χ3v) is 3.39. The summed E-state index contributed by atoms with van der Waals surface area (Å²) in [6.45, 7) is 1.52. The number of tetrazole rings is 1. The molecule has 126 valence electrons. The summed E-state index contributed by atoms with van der Waals surface area (Å²) in [5, 5.41) is 13.5. The number of carbonyl (C=O) groups excluding carboxylic acids is 2. The van der Waals surface area contributed by atoms with Gasteiger partial charge in [0.2, 0.25) is 0 Å². The molecule has 1 N–H and O–H groups in total. The molecule has 0 spiro atoms. The highest BCUT2D eigenvalue weighted by Gasteiger charge is 2.19. The van der Waals surface area contributed by atoms with Gasteiger partial charge in [0.05, 0.1) is 11.3 Å². The number of rotatable bonds is 5. The van der Waals surface area contributed by atoms with Gasteiger partial charge in [0.1, 0.15) is 6.33 Å². The molecular weight excluding hydrogens is 322 g/mol. The largest absolute Gasteiger partial charge is 0.449 e. The zero-order valence-electron chi connectivity index (χ0n) is 13.4. The molecule has 1 heterocycles. The summed E-state index contributed by atoms with van der Waals surface area (Å²) in [6.07, 6.45) is 0.477. The zero-order chi connectivity index (χ0) is 17.6. The van der Waals surface area contributed by atoms with E-state index in [1.54, 1.807) is 48.5 Å².